The molecule has 0 saturated heterocycles. The summed E-state index contributed by atoms with van der Waals surface area (Å²) in [7, 11) is 0. The van der Waals surface area contributed by atoms with Gasteiger partial charge in [0.25, 0.3) is 11.2 Å². The monoisotopic (exact) mass is 368 g/mol. The summed E-state index contributed by atoms with van der Waals surface area (Å²) in [5.41, 5.74) is 0.636. The third-order valence-electron chi connectivity index (χ3n) is 3.70. The molecule has 0 aliphatic carbocycles. The van der Waals surface area contributed by atoms with E-state index in [0.29, 0.717) is 24.2 Å². The Hall–Kier alpha value is -2.45. The normalized spacial score (nSPS) is 13.0. The van der Waals surface area contributed by atoms with Gasteiger partial charge in [-0.3, -0.25) is 19.7 Å². The molecule has 24 heavy (non-hydrogen) atoms. The fourth-order valence-electron chi connectivity index (χ4n) is 2.53. The van der Waals surface area contributed by atoms with Crippen molar-refractivity contribution in [3.63, 3.8) is 0 Å². The van der Waals surface area contributed by atoms with Crippen LogP contribution in [0.25, 0.3) is 0 Å². The molecule has 1 aromatic carbocycles. The average Bonchev–Trinajstić information content (AvgIpc) is 2.98. The van der Waals surface area contributed by atoms with Crippen molar-refractivity contribution in [1.82, 2.24) is 9.78 Å². The largest absolute Gasteiger partial charge is 0.310 e. The number of benzene rings is 1. The second-order valence-electron chi connectivity index (χ2n) is 5.13. The zero-order valence-electron chi connectivity index (χ0n) is 12.1. The van der Waals surface area contributed by atoms with E-state index < -0.39 is 10.5 Å². The standard InChI is InChI=1S/C14H10Cl2N4O4/c15-10-6-17-19(14(22)13(10)16)7-12(21)18-4-3-8-5-9(20(23)24)1-2-11(8)18/h1-2,5-6H,3-4,7H2. The molecule has 1 aliphatic rings. The topological polar surface area (TPSA) is 98.3 Å². The highest BCUT2D eigenvalue weighted by molar-refractivity contribution is 6.41. The van der Waals surface area contributed by atoms with Crippen LogP contribution in [0.2, 0.25) is 10.0 Å². The van der Waals surface area contributed by atoms with Gasteiger partial charge in [0, 0.05) is 24.4 Å². The number of non-ortho nitro benzene ring substituents is 1. The maximum Gasteiger partial charge on any atom is 0.287 e. The van der Waals surface area contributed by atoms with Gasteiger partial charge in [0.1, 0.15) is 11.6 Å². The predicted molar refractivity (Wildman–Crippen MR) is 87.7 cm³/mol. The molecule has 2 aromatic rings. The number of rotatable bonds is 3. The van der Waals surface area contributed by atoms with Crippen LogP contribution in [0.5, 0.6) is 0 Å². The molecule has 3 rings (SSSR count). The van der Waals surface area contributed by atoms with Crippen LogP contribution in [0.4, 0.5) is 11.4 Å². The van der Waals surface area contributed by atoms with Crippen molar-refractivity contribution in [3.05, 3.63) is 60.5 Å². The van der Waals surface area contributed by atoms with E-state index in [0.717, 1.165) is 4.68 Å². The fourth-order valence-corrected chi connectivity index (χ4v) is 2.80. The first-order valence-corrected chi connectivity index (χ1v) is 7.63. The molecule has 0 fully saturated rings. The second-order valence-corrected chi connectivity index (χ2v) is 5.92. The summed E-state index contributed by atoms with van der Waals surface area (Å²) in [5, 5.41) is 14.4. The molecule has 0 spiro atoms. The van der Waals surface area contributed by atoms with E-state index in [-0.39, 0.29) is 28.2 Å². The summed E-state index contributed by atoms with van der Waals surface area (Å²) < 4.78 is 0.930. The van der Waals surface area contributed by atoms with E-state index >= 15 is 0 Å². The van der Waals surface area contributed by atoms with Gasteiger partial charge in [0.15, 0.2) is 0 Å². The first-order chi connectivity index (χ1) is 11.4. The third-order valence-corrected chi connectivity index (χ3v) is 4.45. The lowest BCUT2D eigenvalue weighted by Gasteiger charge is -2.17. The molecule has 8 nitrogen and oxygen atoms in total. The van der Waals surface area contributed by atoms with Gasteiger partial charge >= 0.3 is 0 Å². The van der Waals surface area contributed by atoms with E-state index in [1.807, 2.05) is 0 Å². The zero-order valence-corrected chi connectivity index (χ0v) is 13.6. The van der Waals surface area contributed by atoms with Crippen molar-refractivity contribution in [3.8, 4) is 0 Å². The third kappa shape index (κ3) is 2.85. The van der Waals surface area contributed by atoms with Crippen LogP contribution in [-0.2, 0) is 17.8 Å². The van der Waals surface area contributed by atoms with E-state index in [4.69, 9.17) is 23.2 Å². The fraction of sp³-hybridized carbons (Fsp3) is 0.214. The molecule has 0 radical (unpaired) electrons. The van der Waals surface area contributed by atoms with E-state index in [9.17, 15) is 19.7 Å². The lowest BCUT2D eigenvalue weighted by Crippen LogP contribution is -2.36. The number of anilines is 1. The molecule has 1 aromatic heterocycles. The van der Waals surface area contributed by atoms with Gasteiger partial charge in [-0.25, -0.2) is 4.68 Å². The van der Waals surface area contributed by atoms with Crippen LogP contribution in [0.1, 0.15) is 5.56 Å². The summed E-state index contributed by atoms with van der Waals surface area (Å²) in [5.74, 6) is -0.365. The summed E-state index contributed by atoms with van der Waals surface area (Å²) in [4.78, 5) is 36.2. The first-order valence-electron chi connectivity index (χ1n) is 6.87. The van der Waals surface area contributed by atoms with Crippen molar-refractivity contribution in [2.45, 2.75) is 13.0 Å². The van der Waals surface area contributed by atoms with E-state index in [1.54, 1.807) is 0 Å². The number of carbonyl (C=O) groups excluding carboxylic acids is 1. The first kappa shape index (κ1) is 16.4. The van der Waals surface area contributed by atoms with Gasteiger partial charge in [-0.15, -0.1) is 0 Å². The maximum absolute atomic E-state index is 12.5. The summed E-state index contributed by atoms with van der Waals surface area (Å²) in [6.45, 7) is 0.0809. The minimum atomic E-state index is -0.652. The lowest BCUT2D eigenvalue weighted by atomic mass is 10.1. The smallest absolute Gasteiger partial charge is 0.287 e. The van der Waals surface area contributed by atoms with Crippen LogP contribution >= 0.6 is 23.2 Å². The number of nitro groups is 1. The number of carbonyl (C=O) groups is 1. The quantitative estimate of drug-likeness (QED) is 0.609. The van der Waals surface area contributed by atoms with E-state index in [1.165, 1.54) is 29.3 Å². The van der Waals surface area contributed by atoms with Crippen LogP contribution in [0.15, 0.2) is 29.2 Å². The molecule has 0 atom stereocenters. The molecule has 2 heterocycles. The maximum atomic E-state index is 12.5. The van der Waals surface area contributed by atoms with E-state index in [2.05, 4.69) is 5.10 Å². The van der Waals surface area contributed by atoms with Crippen molar-refractivity contribution < 1.29 is 9.72 Å². The Bertz CT molecular complexity index is 912. The Morgan fingerprint density at radius 1 is 1.38 bits per heavy atom. The zero-order chi connectivity index (χ0) is 17.4. The van der Waals surface area contributed by atoms with Crippen molar-refractivity contribution in [1.29, 1.82) is 0 Å². The molecular formula is C14H10Cl2N4O4. The lowest BCUT2D eigenvalue weighted by molar-refractivity contribution is -0.384. The molecule has 0 bridgehead atoms. The number of amides is 1. The molecule has 1 amide bonds. The van der Waals surface area contributed by atoms with Gasteiger partial charge in [-0.2, -0.15) is 5.10 Å². The molecule has 10 heteroatoms. The van der Waals surface area contributed by atoms with Crippen molar-refractivity contribution in [2.75, 3.05) is 11.4 Å². The molecule has 1 aliphatic heterocycles. The predicted octanol–water partition coefficient (Wildman–Crippen LogP) is 2.05. The molecular weight excluding hydrogens is 359 g/mol. The summed E-state index contributed by atoms with van der Waals surface area (Å²) in [6, 6.07) is 4.32. The summed E-state index contributed by atoms with van der Waals surface area (Å²) >= 11 is 11.5. The Morgan fingerprint density at radius 2 is 2.12 bits per heavy atom. The Labute approximate surface area is 145 Å². The highest BCUT2D eigenvalue weighted by atomic mass is 35.5. The van der Waals surface area contributed by atoms with Gasteiger partial charge in [0.2, 0.25) is 5.91 Å². The number of aromatic nitrogens is 2. The number of hydrogen-bond donors (Lipinski definition) is 0. The van der Waals surface area contributed by atoms with Crippen LogP contribution in [0, 0.1) is 10.1 Å². The van der Waals surface area contributed by atoms with Crippen LogP contribution in [0.3, 0.4) is 0 Å². The highest BCUT2D eigenvalue weighted by Crippen LogP contribution is 2.31. The second kappa shape index (κ2) is 6.21. The van der Waals surface area contributed by atoms with Gasteiger partial charge in [0.05, 0.1) is 16.1 Å². The Morgan fingerprint density at radius 3 is 2.83 bits per heavy atom. The highest BCUT2D eigenvalue weighted by Gasteiger charge is 2.27. The summed E-state index contributed by atoms with van der Waals surface area (Å²) in [6.07, 6.45) is 1.70. The van der Waals surface area contributed by atoms with Gasteiger partial charge < -0.3 is 4.90 Å². The number of fused-ring (bicyclic) bond motifs is 1. The average molecular weight is 369 g/mol. The molecule has 0 unspecified atom stereocenters. The number of halogens is 2. The number of nitro benzene ring substituents is 1. The van der Waals surface area contributed by atoms with Crippen molar-refractivity contribution >= 4 is 40.5 Å². The SMILES string of the molecule is O=C(Cn1ncc(Cl)c(Cl)c1=O)N1CCc2cc([N+](=O)[O-])ccc21. The number of hydrogen-bond acceptors (Lipinski definition) is 5. The van der Waals surface area contributed by atoms with Gasteiger partial charge in [-0.1, -0.05) is 23.2 Å². The molecule has 0 saturated carbocycles. The minimum absolute atomic E-state index is 0.0178. The molecule has 124 valence electrons. The Balaban J connectivity index is 1.85. The van der Waals surface area contributed by atoms with Crippen LogP contribution in [-0.4, -0.2) is 27.2 Å². The van der Waals surface area contributed by atoms with Crippen molar-refractivity contribution in [2.24, 2.45) is 0 Å². The van der Waals surface area contributed by atoms with Gasteiger partial charge in [-0.05, 0) is 18.1 Å². The Kier molecular flexibility index (Phi) is 4.25. The van der Waals surface area contributed by atoms with Crippen LogP contribution < -0.4 is 10.5 Å². The molecule has 0 N–H and O–H groups in total. The number of nitrogens with zero attached hydrogens (tertiary/aromatic N) is 4. The minimum Gasteiger partial charge on any atom is -0.310 e.